The van der Waals surface area contributed by atoms with Crippen molar-refractivity contribution in [2.24, 2.45) is 0 Å². The van der Waals surface area contributed by atoms with Crippen LogP contribution in [0.3, 0.4) is 0 Å². The first-order chi connectivity index (χ1) is 16.0. The highest BCUT2D eigenvalue weighted by Crippen LogP contribution is 2.28. The third-order valence-corrected chi connectivity index (χ3v) is 6.25. The molecule has 2 heterocycles. The number of nitro benzene ring substituents is 1. The Morgan fingerprint density at radius 1 is 1.15 bits per heavy atom. The van der Waals surface area contributed by atoms with Gasteiger partial charge >= 0.3 is 0 Å². The number of nitrogens with one attached hydrogen (secondary N) is 1. The maximum Gasteiger partial charge on any atom is 0.269 e. The number of non-ortho nitro benzene ring substituents is 1. The number of morpholine rings is 1. The molecule has 10 nitrogen and oxygen atoms in total. The molecule has 1 atom stereocenters. The lowest BCUT2D eigenvalue weighted by Crippen LogP contribution is -2.38. The van der Waals surface area contributed by atoms with E-state index in [-0.39, 0.29) is 11.6 Å². The van der Waals surface area contributed by atoms with Crippen LogP contribution in [0, 0.1) is 10.1 Å². The molecule has 1 aliphatic rings. The van der Waals surface area contributed by atoms with E-state index in [9.17, 15) is 14.9 Å². The number of amides is 1. The minimum absolute atomic E-state index is 0.0277. The van der Waals surface area contributed by atoms with Crippen molar-refractivity contribution in [2.75, 3.05) is 36.5 Å². The van der Waals surface area contributed by atoms with E-state index in [1.807, 2.05) is 34.9 Å². The first-order valence-corrected chi connectivity index (χ1v) is 11.4. The summed E-state index contributed by atoms with van der Waals surface area (Å²) in [4.78, 5) is 25.2. The Kier molecular flexibility index (Phi) is 7.20. The molecule has 0 saturated carbocycles. The van der Waals surface area contributed by atoms with Crippen molar-refractivity contribution in [3.05, 3.63) is 70.3 Å². The van der Waals surface area contributed by atoms with Gasteiger partial charge in [-0.15, -0.1) is 10.2 Å². The van der Waals surface area contributed by atoms with E-state index in [0.717, 1.165) is 24.6 Å². The summed E-state index contributed by atoms with van der Waals surface area (Å²) in [5, 5.41) is 22.6. The van der Waals surface area contributed by atoms with Gasteiger partial charge < -0.3 is 15.0 Å². The Bertz CT molecular complexity index is 1100. The highest BCUT2D eigenvalue weighted by molar-refractivity contribution is 8.00. The summed E-state index contributed by atoms with van der Waals surface area (Å²) in [6, 6.07) is 15.8. The third kappa shape index (κ3) is 5.68. The number of carbonyl (C=O) groups is 1. The van der Waals surface area contributed by atoms with Crippen LogP contribution < -0.4 is 10.2 Å². The van der Waals surface area contributed by atoms with Gasteiger partial charge in [0.25, 0.3) is 5.69 Å². The van der Waals surface area contributed by atoms with Gasteiger partial charge in [-0.1, -0.05) is 42.1 Å². The monoisotopic (exact) mass is 468 g/mol. The number of benzene rings is 2. The number of hydrogen-bond acceptors (Lipinski definition) is 8. The minimum Gasteiger partial charge on any atom is -0.378 e. The van der Waals surface area contributed by atoms with Crippen molar-refractivity contribution in [1.82, 2.24) is 14.8 Å². The lowest BCUT2D eigenvalue weighted by molar-refractivity contribution is -0.384. The van der Waals surface area contributed by atoms with Gasteiger partial charge in [-0.3, -0.25) is 19.5 Å². The van der Waals surface area contributed by atoms with Crippen LogP contribution in [0.1, 0.15) is 12.5 Å². The van der Waals surface area contributed by atoms with Crippen molar-refractivity contribution in [3.63, 3.8) is 0 Å². The van der Waals surface area contributed by atoms with Crippen LogP contribution in [-0.2, 0) is 16.1 Å². The molecular weight excluding hydrogens is 444 g/mol. The second kappa shape index (κ2) is 10.5. The molecule has 0 radical (unpaired) electrons. The molecule has 2 aromatic carbocycles. The van der Waals surface area contributed by atoms with Gasteiger partial charge in [0.1, 0.15) is 0 Å². The molecule has 3 aromatic rings. The number of thioether (sulfide) groups is 1. The first kappa shape index (κ1) is 22.7. The second-order valence-electron chi connectivity index (χ2n) is 7.51. The quantitative estimate of drug-likeness (QED) is 0.304. The van der Waals surface area contributed by atoms with Gasteiger partial charge in [0.15, 0.2) is 5.16 Å². The molecule has 1 fully saturated rings. The molecule has 1 aliphatic heterocycles. The van der Waals surface area contributed by atoms with Gasteiger partial charge in [-0.2, -0.15) is 0 Å². The number of rotatable bonds is 8. The van der Waals surface area contributed by atoms with Crippen LogP contribution in [0.25, 0.3) is 0 Å². The normalized spacial score (nSPS) is 14.6. The van der Waals surface area contributed by atoms with Gasteiger partial charge in [-0.25, -0.2) is 0 Å². The van der Waals surface area contributed by atoms with Crippen LogP contribution in [0.2, 0.25) is 0 Å². The molecule has 1 unspecified atom stereocenters. The molecule has 1 aromatic heterocycles. The third-order valence-electron chi connectivity index (χ3n) is 5.17. The fourth-order valence-electron chi connectivity index (χ4n) is 3.39. The number of nitro groups is 1. The summed E-state index contributed by atoms with van der Waals surface area (Å²) in [6.45, 7) is 5.10. The van der Waals surface area contributed by atoms with E-state index in [4.69, 9.17) is 4.74 Å². The summed E-state index contributed by atoms with van der Waals surface area (Å²) in [5.74, 6) is 0.531. The van der Waals surface area contributed by atoms with Crippen molar-refractivity contribution < 1.29 is 14.5 Å². The summed E-state index contributed by atoms with van der Waals surface area (Å²) >= 11 is 1.32. The average Bonchev–Trinajstić information content (AvgIpc) is 3.22. The van der Waals surface area contributed by atoms with Crippen molar-refractivity contribution in [3.8, 4) is 0 Å². The van der Waals surface area contributed by atoms with Gasteiger partial charge in [0.2, 0.25) is 11.9 Å². The zero-order valence-corrected chi connectivity index (χ0v) is 18.9. The van der Waals surface area contributed by atoms with Crippen LogP contribution in [0.15, 0.2) is 59.8 Å². The Hall–Kier alpha value is -3.44. The van der Waals surface area contributed by atoms with Crippen LogP contribution in [0.5, 0.6) is 0 Å². The van der Waals surface area contributed by atoms with Gasteiger partial charge in [0.05, 0.1) is 29.9 Å². The predicted molar refractivity (Wildman–Crippen MR) is 126 cm³/mol. The van der Waals surface area contributed by atoms with E-state index in [1.54, 1.807) is 6.92 Å². The van der Waals surface area contributed by atoms with Crippen molar-refractivity contribution in [1.29, 1.82) is 0 Å². The van der Waals surface area contributed by atoms with Crippen molar-refractivity contribution in [2.45, 2.75) is 23.9 Å². The molecule has 4 rings (SSSR count). The van der Waals surface area contributed by atoms with E-state index < -0.39 is 10.2 Å². The largest absolute Gasteiger partial charge is 0.378 e. The Morgan fingerprint density at radius 3 is 2.52 bits per heavy atom. The molecule has 33 heavy (non-hydrogen) atoms. The summed E-state index contributed by atoms with van der Waals surface area (Å²) in [7, 11) is 0. The molecule has 0 aliphatic carbocycles. The SMILES string of the molecule is CC(Sc1nnc(N2CCOCC2)n1Cc1ccccc1)C(=O)Nc1ccc([N+](=O)[O-])cc1. The Morgan fingerprint density at radius 2 is 1.85 bits per heavy atom. The lowest BCUT2D eigenvalue weighted by Gasteiger charge is -2.28. The Balaban J connectivity index is 1.50. The smallest absolute Gasteiger partial charge is 0.269 e. The zero-order valence-electron chi connectivity index (χ0n) is 18.1. The number of anilines is 2. The predicted octanol–water partition coefficient (Wildman–Crippen LogP) is 3.19. The fraction of sp³-hybridized carbons (Fsp3) is 0.318. The maximum atomic E-state index is 12.8. The molecule has 1 saturated heterocycles. The highest BCUT2D eigenvalue weighted by atomic mass is 32.2. The maximum absolute atomic E-state index is 12.8. The van der Waals surface area contributed by atoms with Crippen molar-refractivity contribution >= 4 is 35.0 Å². The van der Waals surface area contributed by atoms with Gasteiger partial charge in [-0.05, 0) is 24.6 Å². The number of carbonyl (C=O) groups excluding carboxylic acids is 1. The van der Waals surface area contributed by atoms with Gasteiger partial charge in [0, 0.05) is 30.9 Å². The lowest BCUT2D eigenvalue weighted by atomic mass is 10.2. The standard InChI is InChI=1S/C22H24N6O4S/c1-16(20(29)23-18-7-9-19(10-8-18)28(30)31)33-22-25-24-21(26-11-13-32-14-12-26)27(22)15-17-5-3-2-4-6-17/h2-10,16H,11-15H2,1H3,(H,23,29). The molecule has 172 valence electrons. The average molecular weight is 469 g/mol. The summed E-state index contributed by atoms with van der Waals surface area (Å²) < 4.78 is 7.49. The molecular formula is C22H24N6O4S. The van der Waals surface area contributed by atoms with Crippen LogP contribution in [-0.4, -0.2) is 57.1 Å². The summed E-state index contributed by atoms with van der Waals surface area (Å²) in [6.07, 6.45) is 0. The second-order valence-corrected chi connectivity index (χ2v) is 8.82. The molecule has 1 amide bonds. The number of nitrogens with zero attached hydrogens (tertiary/aromatic N) is 5. The number of aromatic nitrogens is 3. The van der Waals surface area contributed by atoms with E-state index >= 15 is 0 Å². The summed E-state index contributed by atoms with van der Waals surface area (Å²) in [5.41, 5.74) is 1.58. The number of ether oxygens (including phenoxy) is 1. The zero-order chi connectivity index (χ0) is 23.2. The van der Waals surface area contributed by atoms with E-state index in [2.05, 4.69) is 20.4 Å². The molecule has 11 heteroatoms. The van der Waals surface area contributed by atoms with Crippen LogP contribution >= 0.6 is 11.8 Å². The molecule has 0 bridgehead atoms. The highest BCUT2D eigenvalue weighted by Gasteiger charge is 2.24. The van der Waals surface area contributed by atoms with E-state index in [0.29, 0.717) is 30.6 Å². The minimum atomic E-state index is -0.476. The van der Waals surface area contributed by atoms with Crippen LogP contribution in [0.4, 0.5) is 17.3 Å². The Labute approximate surface area is 195 Å². The fourth-order valence-corrected chi connectivity index (χ4v) is 4.24. The molecule has 1 N–H and O–H groups in total. The molecule has 0 spiro atoms. The topological polar surface area (TPSA) is 115 Å². The van der Waals surface area contributed by atoms with E-state index in [1.165, 1.54) is 36.0 Å². The number of hydrogen-bond donors (Lipinski definition) is 1. The first-order valence-electron chi connectivity index (χ1n) is 10.5.